The second-order valence-corrected chi connectivity index (χ2v) is 11.3. The Morgan fingerprint density at radius 1 is 0.541 bits per heavy atom. The van der Waals surface area contributed by atoms with Gasteiger partial charge in [-0.1, -0.05) is 148 Å². The summed E-state index contributed by atoms with van der Waals surface area (Å²) in [5, 5.41) is 4.98. The van der Waals surface area contributed by atoms with Gasteiger partial charge in [0.05, 0.1) is 5.69 Å². The van der Waals surface area contributed by atoms with Gasteiger partial charge in [-0.2, -0.15) is 5.10 Å². The number of pyridine rings is 1. The van der Waals surface area contributed by atoms with E-state index < -0.39 is 0 Å². The highest BCUT2D eigenvalue weighted by atomic mass is 15.3. The Balaban J connectivity index is 1.60. The van der Waals surface area contributed by atoms with Crippen molar-refractivity contribution in [3.8, 4) is 5.82 Å². The van der Waals surface area contributed by atoms with Crippen molar-refractivity contribution in [1.82, 2.24) is 14.8 Å². The van der Waals surface area contributed by atoms with Gasteiger partial charge in [-0.15, -0.1) is 0 Å². The van der Waals surface area contributed by atoms with Gasteiger partial charge >= 0.3 is 0 Å². The van der Waals surface area contributed by atoms with Crippen molar-refractivity contribution in [3.63, 3.8) is 0 Å². The van der Waals surface area contributed by atoms with Gasteiger partial charge in [-0.3, -0.25) is 0 Å². The molecule has 0 fully saturated rings. The molecule has 0 aliphatic carbocycles. The zero-order chi connectivity index (χ0) is 26.2. The van der Waals surface area contributed by atoms with E-state index in [9.17, 15) is 0 Å². The molecule has 37 heavy (non-hydrogen) atoms. The van der Waals surface area contributed by atoms with Crippen LogP contribution in [0, 0.1) is 0 Å². The summed E-state index contributed by atoms with van der Waals surface area (Å²) in [4.78, 5) is 4.58. The molecule has 2 rings (SSSR count). The minimum absolute atomic E-state index is 0.962. The van der Waals surface area contributed by atoms with Crippen LogP contribution in [-0.4, -0.2) is 14.8 Å². The molecule has 2 aromatic rings. The van der Waals surface area contributed by atoms with Crippen LogP contribution >= 0.6 is 0 Å². The van der Waals surface area contributed by atoms with Gasteiger partial charge in [-0.05, 0) is 43.9 Å². The fourth-order valence-corrected chi connectivity index (χ4v) is 5.39. The fraction of sp³-hybridized carbons (Fsp3) is 0.765. The van der Waals surface area contributed by atoms with Crippen LogP contribution in [0.15, 0.2) is 30.5 Å². The maximum Gasteiger partial charge on any atom is 0.153 e. The molecule has 0 aromatic carbocycles. The summed E-state index contributed by atoms with van der Waals surface area (Å²) in [6.45, 7) is 4.59. The highest BCUT2D eigenvalue weighted by Gasteiger charge is 2.10. The molecule has 0 unspecified atom stereocenters. The highest BCUT2D eigenvalue weighted by Crippen LogP contribution is 2.18. The monoisotopic (exact) mass is 509 g/mol. The molecule has 2 heterocycles. The first-order chi connectivity index (χ1) is 18.3. The van der Waals surface area contributed by atoms with Crippen molar-refractivity contribution in [2.45, 2.75) is 168 Å². The molecule has 0 saturated carbocycles. The minimum atomic E-state index is 0.962. The summed E-state index contributed by atoms with van der Waals surface area (Å²) in [7, 11) is 0. The Bertz CT molecular complexity index is 752. The van der Waals surface area contributed by atoms with Gasteiger partial charge in [0.1, 0.15) is 0 Å². The van der Waals surface area contributed by atoms with Crippen LogP contribution in [0.2, 0.25) is 0 Å². The third kappa shape index (κ3) is 15.4. The smallest absolute Gasteiger partial charge is 0.153 e. The number of unbranched alkanes of at least 4 members (excludes halogenated alkanes) is 20. The van der Waals surface area contributed by atoms with Crippen LogP contribution in [0.3, 0.4) is 0 Å². The first-order valence-corrected chi connectivity index (χ1v) is 16.3. The van der Waals surface area contributed by atoms with Crippen LogP contribution in [0.1, 0.15) is 166 Å². The Hall–Kier alpha value is -1.64. The zero-order valence-electron chi connectivity index (χ0n) is 24.7. The molecule has 0 aliphatic rings. The van der Waals surface area contributed by atoms with E-state index in [0.717, 1.165) is 18.7 Å². The van der Waals surface area contributed by atoms with Gasteiger partial charge in [0.25, 0.3) is 0 Å². The summed E-state index contributed by atoms with van der Waals surface area (Å²) < 4.78 is 2.11. The summed E-state index contributed by atoms with van der Waals surface area (Å²) in [6, 6.07) is 8.50. The second kappa shape index (κ2) is 22.4. The van der Waals surface area contributed by atoms with E-state index in [4.69, 9.17) is 5.10 Å². The lowest BCUT2D eigenvalue weighted by molar-refractivity contribution is 0.535. The van der Waals surface area contributed by atoms with Crippen LogP contribution in [-0.2, 0) is 12.8 Å². The maximum atomic E-state index is 4.98. The minimum Gasteiger partial charge on any atom is -0.237 e. The predicted octanol–water partition coefficient (Wildman–Crippen LogP) is 11.0. The highest BCUT2D eigenvalue weighted by molar-refractivity contribution is 5.26. The molecule has 0 atom stereocenters. The van der Waals surface area contributed by atoms with E-state index in [2.05, 4.69) is 41.7 Å². The Morgan fingerprint density at radius 3 is 1.46 bits per heavy atom. The third-order valence-corrected chi connectivity index (χ3v) is 7.77. The maximum absolute atomic E-state index is 4.98. The van der Waals surface area contributed by atoms with E-state index in [1.807, 2.05) is 12.3 Å². The Labute approximate surface area is 230 Å². The third-order valence-electron chi connectivity index (χ3n) is 7.77. The summed E-state index contributed by atoms with van der Waals surface area (Å²) in [5.74, 6) is 0.962. The van der Waals surface area contributed by atoms with Crippen LogP contribution < -0.4 is 0 Å². The normalized spacial score (nSPS) is 11.4. The van der Waals surface area contributed by atoms with Crippen LogP contribution in [0.4, 0.5) is 0 Å². The number of nitrogens with zero attached hydrogens (tertiary/aromatic N) is 3. The standard InChI is InChI=1S/C34H59N3/c1-3-5-7-9-11-13-14-15-16-17-18-19-21-23-27-32-31-33(28-24-22-20-12-10-8-6-4-2)37(36-32)34-29-25-26-30-35-34/h25-26,29-31H,3-24,27-28H2,1-2H3. The number of hydrogen-bond donors (Lipinski definition) is 0. The molecule has 2 aromatic heterocycles. The van der Waals surface area contributed by atoms with Crippen molar-refractivity contribution < 1.29 is 0 Å². The van der Waals surface area contributed by atoms with Crippen LogP contribution in [0.25, 0.3) is 5.82 Å². The first-order valence-electron chi connectivity index (χ1n) is 16.3. The van der Waals surface area contributed by atoms with E-state index in [1.54, 1.807) is 0 Å². The van der Waals surface area contributed by atoms with Crippen LogP contribution in [0.5, 0.6) is 0 Å². The van der Waals surface area contributed by atoms with Crippen molar-refractivity contribution in [3.05, 3.63) is 41.9 Å². The van der Waals surface area contributed by atoms with Crippen molar-refractivity contribution in [2.75, 3.05) is 0 Å². The molecule has 0 bridgehead atoms. The molecular formula is C34H59N3. The number of aryl methyl sites for hydroxylation is 2. The number of aromatic nitrogens is 3. The SMILES string of the molecule is CCCCCCCCCCCCCCCCc1cc(CCCCCCCCCC)n(-c2ccccn2)n1. The van der Waals surface area contributed by atoms with Crippen molar-refractivity contribution in [1.29, 1.82) is 0 Å². The molecule has 3 heteroatoms. The van der Waals surface area contributed by atoms with E-state index in [1.165, 1.54) is 153 Å². The molecule has 0 spiro atoms. The second-order valence-electron chi connectivity index (χ2n) is 11.3. The summed E-state index contributed by atoms with van der Waals surface area (Å²) in [6.07, 6.45) is 34.7. The van der Waals surface area contributed by atoms with Gasteiger partial charge < -0.3 is 0 Å². The van der Waals surface area contributed by atoms with Gasteiger partial charge in [-0.25, -0.2) is 9.67 Å². The summed E-state index contributed by atoms with van der Waals surface area (Å²) in [5.41, 5.74) is 2.59. The van der Waals surface area contributed by atoms with E-state index in [0.29, 0.717) is 0 Å². The number of hydrogen-bond acceptors (Lipinski definition) is 2. The molecule has 0 N–H and O–H groups in total. The number of rotatable bonds is 25. The van der Waals surface area contributed by atoms with E-state index >= 15 is 0 Å². The first kappa shape index (κ1) is 31.6. The molecule has 0 aliphatic heterocycles. The van der Waals surface area contributed by atoms with Gasteiger partial charge in [0.15, 0.2) is 5.82 Å². The van der Waals surface area contributed by atoms with Gasteiger partial charge in [0, 0.05) is 11.9 Å². The summed E-state index contributed by atoms with van der Waals surface area (Å²) >= 11 is 0. The topological polar surface area (TPSA) is 30.7 Å². The van der Waals surface area contributed by atoms with Gasteiger partial charge in [0.2, 0.25) is 0 Å². The zero-order valence-corrected chi connectivity index (χ0v) is 24.7. The molecule has 0 saturated heterocycles. The Morgan fingerprint density at radius 2 is 1.00 bits per heavy atom. The average Bonchev–Trinajstić information content (AvgIpc) is 3.33. The lowest BCUT2D eigenvalue weighted by Crippen LogP contribution is -2.04. The molecule has 3 nitrogen and oxygen atoms in total. The predicted molar refractivity (Wildman–Crippen MR) is 162 cm³/mol. The van der Waals surface area contributed by atoms with Crippen molar-refractivity contribution in [2.24, 2.45) is 0 Å². The average molecular weight is 510 g/mol. The molecule has 210 valence electrons. The lowest BCUT2D eigenvalue weighted by atomic mass is 10.0. The molecular weight excluding hydrogens is 450 g/mol. The van der Waals surface area contributed by atoms with Crippen molar-refractivity contribution >= 4 is 0 Å². The fourth-order valence-electron chi connectivity index (χ4n) is 5.39. The Kier molecular flexibility index (Phi) is 19.1. The van der Waals surface area contributed by atoms with E-state index in [-0.39, 0.29) is 0 Å². The quantitative estimate of drug-likeness (QED) is 0.125. The molecule has 0 radical (unpaired) electrons. The molecule has 0 amide bonds. The lowest BCUT2D eigenvalue weighted by Gasteiger charge is -2.06. The largest absolute Gasteiger partial charge is 0.237 e.